The van der Waals surface area contributed by atoms with Crippen molar-refractivity contribution in [2.24, 2.45) is 5.73 Å². The number of carbonyl (C=O) groups excluding carboxylic acids is 3. The van der Waals surface area contributed by atoms with Gasteiger partial charge in [0, 0.05) is 0 Å². The van der Waals surface area contributed by atoms with Crippen molar-refractivity contribution >= 4 is 17.8 Å². The monoisotopic (exact) mass is 342 g/mol. The predicted molar refractivity (Wildman–Crippen MR) is 90.5 cm³/mol. The molecule has 3 N–H and O–H groups in total. The normalized spacial score (nSPS) is 9.92. The molecule has 0 bridgehead atoms. The molecule has 0 saturated carbocycles. The van der Waals surface area contributed by atoms with Gasteiger partial charge in [-0.1, -0.05) is 42.5 Å². The molecular formula is C18H18N2O5. The zero-order chi connectivity index (χ0) is 18.1. The van der Waals surface area contributed by atoms with Crippen LogP contribution in [0, 0.1) is 0 Å². The van der Waals surface area contributed by atoms with Crippen LogP contribution in [0.2, 0.25) is 0 Å². The average Bonchev–Trinajstić information content (AvgIpc) is 2.64. The van der Waals surface area contributed by atoms with E-state index in [1.807, 2.05) is 42.5 Å². The number of primary amides is 1. The van der Waals surface area contributed by atoms with E-state index in [9.17, 15) is 14.4 Å². The van der Waals surface area contributed by atoms with E-state index in [4.69, 9.17) is 15.2 Å². The molecule has 25 heavy (non-hydrogen) atoms. The Morgan fingerprint density at radius 1 is 0.880 bits per heavy atom. The van der Waals surface area contributed by atoms with Crippen molar-refractivity contribution in [2.45, 2.75) is 0 Å². The summed E-state index contributed by atoms with van der Waals surface area (Å²) in [6, 6.07) is 17.1. The maximum Gasteiger partial charge on any atom is 0.344 e. The van der Waals surface area contributed by atoms with E-state index in [0.29, 0.717) is 5.75 Å². The van der Waals surface area contributed by atoms with Gasteiger partial charge in [-0.05, 0) is 23.3 Å². The van der Waals surface area contributed by atoms with Gasteiger partial charge in [0.15, 0.2) is 13.2 Å². The van der Waals surface area contributed by atoms with Crippen LogP contribution >= 0.6 is 0 Å². The molecule has 0 unspecified atom stereocenters. The summed E-state index contributed by atoms with van der Waals surface area (Å²) in [4.78, 5) is 33.3. The van der Waals surface area contributed by atoms with Gasteiger partial charge in [0.1, 0.15) is 5.75 Å². The third kappa shape index (κ3) is 6.34. The topological polar surface area (TPSA) is 108 Å². The zero-order valence-electron chi connectivity index (χ0n) is 13.4. The summed E-state index contributed by atoms with van der Waals surface area (Å²) in [6.45, 7) is -1.13. The smallest absolute Gasteiger partial charge is 0.344 e. The van der Waals surface area contributed by atoms with Crippen LogP contribution in [0.4, 0.5) is 0 Å². The second kappa shape index (κ2) is 9.07. The van der Waals surface area contributed by atoms with Crippen molar-refractivity contribution in [1.29, 1.82) is 0 Å². The fraction of sp³-hybridized carbons (Fsp3) is 0.167. The Bertz CT molecular complexity index is 729. The predicted octanol–water partition coefficient (Wildman–Crippen LogP) is 0.877. The third-order valence-corrected chi connectivity index (χ3v) is 3.14. The molecule has 0 radical (unpaired) electrons. The molecule has 0 atom stereocenters. The van der Waals surface area contributed by atoms with Gasteiger partial charge >= 0.3 is 5.97 Å². The molecule has 2 aromatic rings. The first-order valence-electron chi connectivity index (χ1n) is 7.53. The molecule has 7 nitrogen and oxygen atoms in total. The van der Waals surface area contributed by atoms with Gasteiger partial charge in [-0.3, -0.25) is 9.59 Å². The maximum atomic E-state index is 11.5. The zero-order valence-corrected chi connectivity index (χ0v) is 13.4. The Hall–Kier alpha value is -3.35. The van der Waals surface area contributed by atoms with Crippen molar-refractivity contribution in [3.8, 4) is 16.9 Å². The summed E-state index contributed by atoms with van der Waals surface area (Å²) in [5.74, 6) is -1.47. The third-order valence-electron chi connectivity index (χ3n) is 3.14. The minimum Gasteiger partial charge on any atom is -0.482 e. The molecule has 0 saturated heterocycles. The Balaban J connectivity index is 1.74. The van der Waals surface area contributed by atoms with Crippen LogP contribution < -0.4 is 15.8 Å². The minimum absolute atomic E-state index is 0.305. The highest BCUT2D eigenvalue weighted by atomic mass is 16.6. The average molecular weight is 342 g/mol. The number of hydrogen-bond acceptors (Lipinski definition) is 5. The highest BCUT2D eigenvalue weighted by molar-refractivity contribution is 5.85. The lowest BCUT2D eigenvalue weighted by Crippen LogP contribution is -2.36. The number of ether oxygens (including phenoxy) is 2. The first-order chi connectivity index (χ1) is 12.0. The lowest BCUT2D eigenvalue weighted by Gasteiger charge is -2.08. The Labute approximate surface area is 144 Å². The van der Waals surface area contributed by atoms with Crippen LogP contribution in [0.5, 0.6) is 5.75 Å². The first-order valence-corrected chi connectivity index (χ1v) is 7.53. The highest BCUT2D eigenvalue weighted by Crippen LogP contribution is 2.21. The summed E-state index contributed by atoms with van der Waals surface area (Å²) < 4.78 is 10.0. The standard InChI is InChI=1S/C18H18N2O5/c19-16(21)10-20-17(22)11-25-18(23)12-24-15-8-6-14(7-9-15)13-4-2-1-3-5-13/h1-9H,10-12H2,(H2,19,21)(H,20,22). The number of benzene rings is 2. The van der Waals surface area contributed by atoms with Gasteiger partial charge in [0.05, 0.1) is 6.54 Å². The number of nitrogens with one attached hydrogen (secondary N) is 1. The Kier molecular flexibility index (Phi) is 6.53. The van der Waals surface area contributed by atoms with E-state index in [-0.39, 0.29) is 13.2 Å². The largest absolute Gasteiger partial charge is 0.482 e. The number of amides is 2. The minimum atomic E-state index is -0.693. The molecule has 0 fully saturated rings. The first kappa shape index (κ1) is 18.0. The van der Waals surface area contributed by atoms with E-state index in [1.54, 1.807) is 12.1 Å². The highest BCUT2D eigenvalue weighted by Gasteiger charge is 2.09. The Morgan fingerprint density at radius 3 is 2.16 bits per heavy atom. The molecule has 0 aliphatic heterocycles. The number of nitrogens with two attached hydrogens (primary N) is 1. The number of hydrogen-bond donors (Lipinski definition) is 2. The van der Waals surface area contributed by atoms with Gasteiger partial charge in [0.25, 0.3) is 5.91 Å². The van der Waals surface area contributed by atoms with Crippen molar-refractivity contribution in [2.75, 3.05) is 19.8 Å². The SMILES string of the molecule is NC(=O)CNC(=O)COC(=O)COc1ccc(-c2ccccc2)cc1. The van der Waals surface area contributed by atoms with Crippen LogP contribution in [0.3, 0.4) is 0 Å². The molecule has 2 aromatic carbocycles. The van der Waals surface area contributed by atoms with Crippen molar-refractivity contribution in [3.05, 3.63) is 54.6 Å². The fourth-order valence-electron chi connectivity index (χ4n) is 1.94. The second-order valence-corrected chi connectivity index (χ2v) is 5.08. The van der Waals surface area contributed by atoms with E-state index >= 15 is 0 Å². The molecule has 0 aliphatic carbocycles. The second-order valence-electron chi connectivity index (χ2n) is 5.08. The van der Waals surface area contributed by atoms with Crippen LogP contribution in [-0.4, -0.2) is 37.5 Å². The quantitative estimate of drug-likeness (QED) is 0.692. The summed E-state index contributed by atoms with van der Waals surface area (Å²) in [7, 11) is 0. The molecule has 130 valence electrons. The van der Waals surface area contributed by atoms with E-state index in [1.165, 1.54) is 0 Å². The molecular weight excluding hydrogens is 324 g/mol. The van der Waals surface area contributed by atoms with Gasteiger partial charge in [-0.25, -0.2) is 4.79 Å². The summed E-state index contributed by atoms with van der Waals surface area (Å²) in [5, 5.41) is 2.20. The van der Waals surface area contributed by atoms with Gasteiger partial charge in [-0.2, -0.15) is 0 Å². The fourth-order valence-corrected chi connectivity index (χ4v) is 1.94. The number of carbonyl (C=O) groups is 3. The van der Waals surface area contributed by atoms with Crippen LogP contribution in [0.1, 0.15) is 0 Å². The van der Waals surface area contributed by atoms with Gasteiger partial charge < -0.3 is 20.5 Å². The molecule has 0 aromatic heterocycles. The molecule has 7 heteroatoms. The number of rotatable bonds is 8. The molecule has 0 heterocycles. The lowest BCUT2D eigenvalue weighted by molar-refractivity contribution is -0.150. The van der Waals surface area contributed by atoms with Crippen molar-refractivity contribution in [1.82, 2.24) is 5.32 Å². The van der Waals surface area contributed by atoms with Crippen LogP contribution in [-0.2, 0) is 19.1 Å². The Morgan fingerprint density at radius 2 is 1.52 bits per heavy atom. The summed E-state index contributed by atoms with van der Waals surface area (Å²) in [5.41, 5.74) is 6.98. The molecule has 0 spiro atoms. The summed E-state index contributed by atoms with van der Waals surface area (Å²) >= 11 is 0. The molecule has 2 rings (SSSR count). The number of esters is 1. The van der Waals surface area contributed by atoms with E-state index in [0.717, 1.165) is 11.1 Å². The lowest BCUT2D eigenvalue weighted by atomic mass is 10.1. The van der Waals surface area contributed by atoms with Crippen LogP contribution in [0.25, 0.3) is 11.1 Å². The molecule has 0 aliphatic rings. The van der Waals surface area contributed by atoms with Crippen LogP contribution in [0.15, 0.2) is 54.6 Å². The van der Waals surface area contributed by atoms with Gasteiger partial charge in [-0.15, -0.1) is 0 Å². The van der Waals surface area contributed by atoms with E-state index < -0.39 is 24.4 Å². The maximum absolute atomic E-state index is 11.5. The van der Waals surface area contributed by atoms with Crippen molar-refractivity contribution in [3.63, 3.8) is 0 Å². The van der Waals surface area contributed by atoms with E-state index in [2.05, 4.69) is 5.32 Å². The van der Waals surface area contributed by atoms with Crippen molar-refractivity contribution < 1.29 is 23.9 Å². The molecule has 2 amide bonds. The van der Waals surface area contributed by atoms with Gasteiger partial charge in [0.2, 0.25) is 5.91 Å². The summed E-state index contributed by atoms with van der Waals surface area (Å²) in [6.07, 6.45) is 0.